The van der Waals surface area contributed by atoms with E-state index in [0.29, 0.717) is 29.7 Å². The van der Waals surface area contributed by atoms with Crippen LogP contribution in [0.1, 0.15) is 34.9 Å². The van der Waals surface area contributed by atoms with Crippen LogP contribution in [0.3, 0.4) is 0 Å². The molecule has 0 aliphatic heterocycles. The highest BCUT2D eigenvalue weighted by molar-refractivity contribution is 5.36. The number of aromatic nitrogens is 3. The number of fused-ring (bicyclic) bond motifs is 1. The van der Waals surface area contributed by atoms with Gasteiger partial charge in [-0.15, -0.1) is 0 Å². The van der Waals surface area contributed by atoms with E-state index in [1.54, 1.807) is 0 Å². The van der Waals surface area contributed by atoms with Crippen LogP contribution < -0.4 is 11.2 Å². The van der Waals surface area contributed by atoms with Gasteiger partial charge in [0, 0.05) is 23.4 Å². The third-order valence-corrected chi connectivity index (χ3v) is 3.59. The summed E-state index contributed by atoms with van der Waals surface area (Å²) in [5.41, 5.74) is -0.557. The van der Waals surface area contributed by atoms with E-state index >= 15 is 0 Å². The predicted molar refractivity (Wildman–Crippen MR) is 67.1 cm³/mol. The normalized spacial score (nSPS) is 17.8. The molecule has 0 bridgehead atoms. The number of alkyl halides is 3. The maximum Gasteiger partial charge on any atom is 0.433 e. The van der Waals surface area contributed by atoms with Crippen molar-refractivity contribution >= 4 is 0 Å². The third-order valence-electron chi connectivity index (χ3n) is 3.59. The van der Waals surface area contributed by atoms with Crippen molar-refractivity contribution < 1.29 is 13.2 Å². The van der Waals surface area contributed by atoms with Gasteiger partial charge in [0.1, 0.15) is 5.69 Å². The predicted octanol–water partition coefficient (Wildman–Crippen LogP) is 1.56. The highest BCUT2D eigenvalue weighted by atomic mass is 19.4. The fraction of sp³-hybridized carbons (Fsp3) is 0.308. The molecule has 0 saturated heterocycles. The first kappa shape index (κ1) is 13.6. The van der Waals surface area contributed by atoms with Crippen molar-refractivity contribution in [3.63, 3.8) is 0 Å². The minimum atomic E-state index is -4.49. The Hall–Kier alpha value is -2.38. The van der Waals surface area contributed by atoms with Gasteiger partial charge in [-0.3, -0.25) is 14.8 Å². The van der Waals surface area contributed by atoms with Crippen molar-refractivity contribution in [2.75, 3.05) is 0 Å². The molecule has 5 nitrogen and oxygen atoms in total. The zero-order valence-corrected chi connectivity index (χ0v) is 10.6. The maximum atomic E-state index is 12.5. The molecule has 2 N–H and O–H groups in total. The molecule has 1 aliphatic carbocycles. The number of aromatic amines is 2. The molecule has 1 atom stereocenters. The van der Waals surface area contributed by atoms with Crippen molar-refractivity contribution in [3.05, 3.63) is 61.7 Å². The SMILES string of the molecule is O=c1[nH]c2c(c(=O)[nH]1)CCC2c1ccc(C(F)(F)F)nc1. The van der Waals surface area contributed by atoms with Crippen LogP contribution in [0, 0.1) is 0 Å². The smallest absolute Gasteiger partial charge is 0.310 e. The number of hydrogen-bond donors (Lipinski definition) is 2. The number of halogens is 3. The molecule has 8 heteroatoms. The van der Waals surface area contributed by atoms with Crippen molar-refractivity contribution in [2.45, 2.75) is 24.9 Å². The van der Waals surface area contributed by atoms with Crippen LogP contribution in [-0.2, 0) is 12.6 Å². The fourth-order valence-electron chi connectivity index (χ4n) is 2.62. The monoisotopic (exact) mass is 297 g/mol. The van der Waals surface area contributed by atoms with Crippen LogP contribution in [-0.4, -0.2) is 15.0 Å². The molecule has 3 rings (SSSR count). The first-order valence-electron chi connectivity index (χ1n) is 6.25. The van der Waals surface area contributed by atoms with E-state index in [2.05, 4.69) is 15.0 Å². The summed E-state index contributed by atoms with van der Waals surface area (Å²) in [6.07, 6.45) is -2.34. The Bertz CT molecular complexity index is 790. The van der Waals surface area contributed by atoms with Gasteiger partial charge in [0.15, 0.2) is 0 Å². The van der Waals surface area contributed by atoms with Gasteiger partial charge in [0.05, 0.1) is 0 Å². The summed E-state index contributed by atoms with van der Waals surface area (Å²) in [4.78, 5) is 31.1. The second-order valence-corrected chi connectivity index (χ2v) is 4.87. The Morgan fingerprint density at radius 1 is 1.19 bits per heavy atom. The molecule has 0 radical (unpaired) electrons. The number of rotatable bonds is 1. The van der Waals surface area contributed by atoms with E-state index in [9.17, 15) is 22.8 Å². The first-order chi connectivity index (χ1) is 9.86. The highest BCUT2D eigenvalue weighted by Crippen LogP contribution is 2.35. The van der Waals surface area contributed by atoms with Gasteiger partial charge in [0.2, 0.25) is 0 Å². The Labute approximate surface area is 115 Å². The second-order valence-electron chi connectivity index (χ2n) is 4.87. The number of nitrogens with one attached hydrogen (secondary N) is 2. The molecule has 2 heterocycles. The van der Waals surface area contributed by atoms with Crippen LogP contribution in [0.25, 0.3) is 0 Å². The number of hydrogen-bond acceptors (Lipinski definition) is 3. The van der Waals surface area contributed by atoms with Crippen molar-refractivity contribution in [2.24, 2.45) is 0 Å². The van der Waals surface area contributed by atoms with Crippen molar-refractivity contribution in [3.8, 4) is 0 Å². The van der Waals surface area contributed by atoms with Gasteiger partial charge in [-0.1, -0.05) is 6.07 Å². The van der Waals surface area contributed by atoms with E-state index in [0.717, 1.165) is 12.3 Å². The van der Waals surface area contributed by atoms with E-state index < -0.39 is 23.1 Å². The summed E-state index contributed by atoms with van der Waals surface area (Å²) < 4.78 is 37.5. The largest absolute Gasteiger partial charge is 0.433 e. The molecule has 110 valence electrons. The average Bonchev–Trinajstić information content (AvgIpc) is 2.82. The van der Waals surface area contributed by atoms with Crippen molar-refractivity contribution in [1.82, 2.24) is 15.0 Å². The Morgan fingerprint density at radius 3 is 2.57 bits per heavy atom. The Balaban J connectivity index is 2.02. The molecular weight excluding hydrogens is 287 g/mol. The Morgan fingerprint density at radius 2 is 1.95 bits per heavy atom. The highest BCUT2D eigenvalue weighted by Gasteiger charge is 2.33. The number of H-pyrrole nitrogens is 2. The molecule has 0 aromatic carbocycles. The third kappa shape index (κ3) is 2.37. The molecule has 2 aromatic heterocycles. The lowest BCUT2D eigenvalue weighted by Crippen LogP contribution is -2.26. The standard InChI is InChI=1S/C13H10F3N3O2/c14-13(15,16)9-4-1-6(5-17-9)7-2-3-8-10(7)18-12(21)19-11(8)20/h1,4-5,7H,2-3H2,(H2,18,19,20,21). The zero-order valence-electron chi connectivity index (χ0n) is 10.6. The number of pyridine rings is 1. The minimum Gasteiger partial charge on any atom is -0.310 e. The summed E-state index contributed by atoms with van der Waals surface area (Å²) in [5, 5.41) is 0. The van der Waals surface area contributed by atoms with Crippen LogP contribution in [0.15, 0.2) is 27.9 Å². The van der Waals surface area contributed by atoms with Crippen LogP contribution in [0.2, 0.25) is 0 Å². The van der Waals surface area contributed by atoms with Crippen LogP contribution in [0.5, 0.6) is 0 Å². The lowest BCUT2D eigenvalue weighted by Gasteiger charge is -2.12. The molecule has 1 unspecified atom stereocenters. The maximum absolute atomic E-state index is 12.5. The molecule has 0 fully saturated rings. The van der Waals surface area contributed by atoms with E-state index in [-0.39, 0.29) is 5.92 Å². The van der Waals surface area contributed by atoms with E-state index in [1.807, 2.05) is 0 Å². The molecule has 2 aromatic rings. The van der Waals surface area contributed by atoms with Gasteiger partial charge in [-0.25, -0.2) is 4.79 Å². The summed E-state index contributed by atoms with van der Waals surface area (Å²) in [6, 6.07) is 2.23. The second kappa shape index (κ2) is 4.57. The summed E-state index contributed by atoms with van der Waals surface area (Å²) in [7, 11) is 0. The topological polar surface area (TPSA) is 78.6 Å². The van der Waals surface area contributed by atoms with Gasteiger partial charge in [-0.2, -0.15) is 13.2 Å². The van der Waals surface area contributed by atoms with Crippen molar-refractivity contribution in [1.29, 1.82) is 0 Å². The fourth-order valence-corrected chi connectivity index (χ4v) is 2.62. The molecule has 0 amide bonds. The van der Waals surface area contributed by atoms with Gasteiger partial charge >= 0.3 is 11.9 Å². The van der Waals surface area contributed by atoms with E-state index in [4.69, 9.17) is 0 Å². The van der Waals surface area contributed by atoms with Gasteiger partial charge < -0.3 is 4.98 Å². The summed E-state index contributed by atoms with van der Waals surface area (Å²) in [5.74, 6) is -0.315. The Kier molecular flexibility index (Phi) is 2.96. The summed E-state index contributed by atoms with van der Waals surface area (Å²) in [6.45, 7) is 0. The molecule has 0 spiro atoms. The molecule has 1 aliphatic rings. The molecular formula is C13H10F3N3O2. The quantitative estimate of drug-likeness (QED) is 0.838. The molecule has 0 saturated carbocycles. The van der Waals surface area contributed by atoms with Gasteiger partial charge in [0.25, 0.3) is 5.56 Å². The van der Waals surface area contributed by atoms with Gasteiger partial charge in [-0.05, 0) is 24.5 Å². The van der Waals surface area contributed by atoms with E-state index in [1.165, 1.54) is 6.07 Å². The first-order valence-corrected chi connectivity index (χ1v) is 6.25. The van der Waals surface area contributed by atoms with Crippen LogP contribution >= 0.6 is 0 Å². The average molecular weight is 297 g/mol. The summed E-state index contributed by atoms with van der Waals surface area (Å²) >= 11 is 0. The lowest BCUT2D eigenvalue weighted by atomic mass is 9.98. The number of nitrogens with zero attached hydrogens (tertiary/aromatic N) is 1. The lowest BCUT2D eigenvalue weighted by molar-refractivity contribution is -0.141. The molecule has 21 heavy (non-hydrogen) atoms. The zero-order chi connectivity index (χ0) is 15.2. The van der Waals surface area contributed by atoms with Crippen LogP contribution in [0.4, 0.5) is 13.2 Å². The minimum absolute atomic E-state index is 0.315.